The molecule has 4 aliphatic rings. The van der Waals surface area contributed by atoms with Crippen molar-refractivity contribution in [3.63, 3.8) is 0 Å². The number of hydrogen-bond acceptors (Lipinski definition) is 6. The number of hydrogen-bond donors (Lipinski definition) is 2. The summed E-state index contributed by atoms with van der Waals surface area (Å²) in [6.45, 7) is 4.74. The van der Waals surface area contributed by atoms with Gasteiger partial charge in [0.25, 0.3) is 0 Å². The molecule has 7 heteroatoms. The van der Waals surface area contributed by atoms with Gasteiger partial charge in [-0.05, 0) is 69.2 Å². The Morgan fingerprint density at radius 3 is 2.75 bits per heavy atom. The number of aldehydes is 1. The highest BCUT2D eigenvalue weighted by Gasteiger charge is 2.48. The fourth-order valence-corrected chi connectivity index (χ4v) is 5.98. The van der Waals surface area contributed by atoms with Gasteiger partial charge in [0.1, 0.15) is 29.5 Å². The highest BCUT2D eigenvalue weighted by molar-refractivity contribution is 5.76. The molecule has 0 aromatic carbocycles. The molecule has 2 aromatic heterocycles. The first-order valence-electron chi connectivity index (χ1n) is 11.9. The average molecular weight is 434 g/mol. The number of H-pyrrole nitrogens is 1. The van der Waals surface area contributed by atoms with Gasteiger partial charge in [0.15, 0.2) is 0 Å². The summed E-state index contributed by atoms with van der Waals surface area (Å²) in [6.07, 6.45) is 16.4. The summed E-state index contributed by atoms with van der Waals surface area (Å²) >= 11 is 0. The Hall–Kier alpha value is -2.80. The van der Waals surface area contributed by atoms with Crippen LogP contribution in [0.3, 0.4) is 0 Å². The number of fused-ring (bicyclic) bond motifs is 1. The summed E-state index contributed by atoms with van der Waals surface area (Å²) in [6, 6.07) is 4.25. The van der Waals surface area contributed by atoms with Crippen LogP contribution < -0.4 is 10.1 Å². The molecule has 2 N–H and O–H groups in total. The van der Waals surface area contributed by atoms with Crippen LogP contribution in [0, 0.1) is 5.41 Å². The third kappa shape index (κ3) is 3.58. The van der Waals surface area contributed by atoms with Crippen molar-refractivity contribution in [2.75, 3.05) is 26.2 Å². The number of dihydropyridines is 1. The zero-order valence-electron chi connectivity index (χ0n) is 18.4. The molecule has 2 aromatic rings. The molecule has 6 rings (SSSR count). The minimum absolute atomic E-state index is 0.482. The van der Waals surface area contributed by atoms with Crippen LogP contribution in [-0.4, -0.2) is 64.3 Å². The first-order valence-corrected chi connectivity index (χ1v) is 11.9. The molecule has 3 aliphatic heterocycles. The van der Waals surface area contributed by atoms with E-state index < -0.39 is 6.04 Å². The fraction of sp³-hybridized carbons (Fsp3) is 0.520. The van der Waals surface area contributed by atoms with E-state index in [-0.39, 0.29) is 0 Å². The molecule has 1 atom stereocenters. The van der Waals surface area contributed by atoms with Crippen LogP contribution in [0.25, 0.3) is 11.0 Å². The summed E-state index contributed by atoms with van der Waals surface area (Å²) in [5.41, 5.74) is 2.48. The lowest BCUT2D eigenvalue weighted by Crippen LogP contribution is -2.54. The lowest BCUT2D eigenvalue weighted by molar-refractivity contribution is -0.109. The molecule has 1 aliphatic carbocycles. The van der Waals surface area contributed by atoms with Crippen molar-refractivity contribution in [2.24, 2.45) is 5.41 Å². The molecule has 0 amide bonds. The van der Waals surface area contributed by atoms with Gasteiger partial charge in [0.05, 0.1) is 11.9 Å². The Bertz CT molecular complexity index is 1050. The maximum atomic E-state index is 11.6. The van der Waals surface area contributed by atoms with Gasteiger partial charge in [0.2, 0.25) is 0 Å². The number of nitrogens with zero attached hydrogens (tertiary/aromatic N) is 3. The van der Waals surface area contributed by atoms with Crippen LogP contribution in [-0.2, 0) is 4.79 Å². The molecule has 2 saturated heterocycles. The number of rotatable bonds is 5. The summed E-state index contributed by atoms with van der Waals surface area (Å²) < 4.78 is 6.12. The zero-order valence-corrected chi connectivity index (χ0v) is 18.4. The Morgan fingerprint density at radius 2 is 1.97 bits per heavy atom. The largest absolute Gasteiger partial charge is 0.457 e. The number of carbonyl (C=O) groups excluding carboxylic acids is 1. The summed E-state index contributed by atoms with van der Waals surface area (Å²) in [5.74, 6) is 1.26. The van der Waals surface area contributed by atoms with Gasteiger partial charge in [0, 0.05) is 43.0 Å². The van der Waals surface area contributed by atoms with Crippen molar-refractivity contribution in [3.05, 3.63) is 48.3 Å². The van der Waals surface area contributed by atoms with E-state index in [9.17, 15) is 4.79 Å². The average Bonchev–Trinajstić information content (AvgIpc) is 3.49. The fourth-order valence-electron chi connectivity index (χ4n) is 5.98. The van der Waals surface area contributed by atoms with E-state index in [1.54, 1.807) is 6.20 Å². The molecule has 32 heavy (non-hydrogen) atoms. The van der Waals surface area contributed by atoms with Crippen LogP contribution in [0.2, 0.25) is 0 Å². The third-order valence-electron chi connectivity index (χ3n) is 7.94. The second-order valence-electron chi connectivity index (χ2n) is 9.88. The quantitative estimate of drug-likeness (QED) is 0.706. The standard InChI is InChI=1S/C25H31N5O2/c31-17-22-23(32-21-11-18-3-6-26-24(18)28-16-21)12-19(15-27-22)30-9-4-25(5-10-30)13-20(14-25)29-7-1-2-8-29/h3,6,11-12,15-17,20,22,27H,1-2,4-5,7-10,13-14H2,(H,26,28). The van der Waals surface area contributed by atoms with Gasteiger partial charge in [-0.3, -0.25) is 0 Å². The molecule has 5 heterocycles. The normalized spacial score (nSPS) is 25.9. The van der Waals surface area contributed by atoms with Crippen LogP contribution in [0.15, 0.2) is 48.3 Å². The highest BCUT2D eigenvalue weighted by Crippen LogP contribution is 2.51. The molecule has 0 radical (unpaired) electrons. The Morgan fingerprint density at radius 1 is 1.16 bits per heavy atom. The van der Waals surface area contributed by atoms with E-state index in [4.69, 9.17) is 4.74 Å². The molecule has 3 fully saturated rings. The first-order chi connectivity index (χ1) is 15.7. The molecule has 1 unspecified atom stereocenters. The maximum Gasteiger partial charge on any atom is 0.150 e. The number of pyridine rings is 1. The maximum absolute atomic E-state index is 11.6. The zero-order chi connectivity index (χ0) is 21.5. The molecule has 168 valence electrons. The van der Waals surface area contributed by atoms with Gasteiger partial charge >= 0.3 is 0 Å². The monoisotopic (exact) mass is 433 g/mol. The van der Waals surface area contributed by atoms with Crippen LogP contribution in [0.1, 0.15) is 38.5 Å². The molecule has 0 bridgehead atoms. The van der Waals surface area contributed by atoms with Gasteiger partial charge in [-0.2, -0.15) is 0 Å². The molecular formula is C25H31N5O2. The Labute approximate surface area is 188 Å². The number of piperidine rings is 1. The Balaban J connectivity index is 1.11. The number of carbonyl (C=O) groups is 1. The van der Waals surface area contributed by atoms with E-state index in [1.165, 1.54) is 51.6 Å². The number of aromatic nitrogens is 2. The van der Waals surface area contributed by atoms with Crippen molar-refractivity contribution in [2.45, 2.75) is 50.6 Å². The minimum Gasteiger partial charge on any atom is -0.457 e. The SMILES string of the molecule is O=CC1NC=C(N2CCC3(CC2)CC(N2CCCC2)C3)C=C1Oc1cnc2[nH]ccc2c1. The lowest BCUT2D eigenvalue weighted by Gasteiger charge is -2.55. The number of likely N-dealkylation sites (tertiary alicyclic amines) is 2. The van der Waals surface area contributed by atoms with Crippen LogP contribution in [0.5, 0.6) is 5.75 Å². The van der Waals surface area contributed by atoms with Crippen LogP contribution >= 0.6 is 0 Å². The van der Waals surface area contributed by atoms with Gasteiger partial charge in [-0.15, -0.1) is 0 Å². The smallest absolute Gasteiger partial charge is 0.150 e. The van der Waals surface area contributed by atoms with E-state index in [0.29, 0.717) is 16.9 Å². The minimum atomic E-state index is -0.482. The van der Waals surface area contributed by atoms with E-state index in [2.05, 4.69) is 25.1 Å². The predicted molar refractivity (Wildman–Crippen MR) is 123 cm³/mol. The molecule has 7 nitrogen and oxygen atoms in total. The molecule has 1 spiro atoms. The predicted octanol–water partition coefficient (Wildman–Crippen LogP) is 3.18. The number of ether oxygens (including phenoxy) is 1. The number of aromatic amines is 1. The van der Waals surface area contributed by atoms with Crippen LogP contribution in [0.4, 0.5) is 0 Å². The first kappa shape index (κ1) is 19.9. The van der Waals surface area contributed by atoms with E-state index in [1.807, 2.05) is 30.6 Å². The summed E-state index contributed by atoms with van der Waals surface area (Å²) in [4.78, 5) is 24.3. The summed E-state index contributed by atoms with van der Waals surface area (Å²) in [7, 11) is 0. The Kier molecular flexibility index (Phi) is 4.94. The van der Waals surface area contributed by atoms with E-state index >= 15 is 0 Å². The highest BCUT2D eigenvalue weighted by atomic mass is 16.5. The van der Waals surface area contributed by atoms with Crippen molar-refractivity contribution >= 4 is 17.3 Å². The number of allylic oxidation sites excluding steroid dienone is 1. The van der Waals surface area contributed by atoms with Gasteiger partial charge in [-0.25, -0.2) is 4.98 Å². The van der Waals surface area contributed by atoms with Gasteiger partial charge in [-0.1, -0.05) is 0 Å². The topological polar surface area (TPSA) is 73.5 Å². The van der Waals surface area contributed by atoms with Crippen molar-refractivity contribution in [3.8, 4) is 5.75 Å². The second kappa shape index (κ2) is 7.96. The second-order valence-corrected chi connectivity index (χ2v) is 9.88. The van der Waals surface area contributed by atoms with E-state index in [0.717, 1.165) is 42.1 Å². The molecule has 1 saturated carbocycles. The number of nitrogens with one attached hydrogen (secondary N) is 2. The molecular weight excluding hydrogens is 402 g/mol. The lowest BCUT2D eigenvalue weighted by atomic mass is 9.60. The van der Waals surface area contributed by atoms with Gasteiger partial charge < -0.3 is 29.6 Å². The third-order valence-corrected chi connectivity index (χ3v) is 7.94. The summed E-state index contributed by atoms with van der Waals surface area (Å²) in [5, 5.41) is 4.20. The van der Waals surface area contributed by atoms with Crippen molar-refractivity contribution < 1.29 is 9.53 Å². The van der Waals surface area contributed by atoms with Crippen molar-refractivity contribution in [1.29, 1.82) is 0 Å². The van der Waals surface area contributed by atoms with Crippen molar-refractivity contribution in [1.82, 2.24) is 25.1 Å².